The predicted molar refractivity (Wildman–Crippen MR) is 292 cm³/mol. The highest BCUT2D eigenvalue weighted by Crippen LogP contribution is 2.64. The summed E-state index contributed by atoms with van der Waals surface area (Å²) >= 11 is 1.92. The zero-order valence-electron chi connectivity index (χ0n) is 37.9. The van der Waals surface area contributed by atoms with Crippen molar-refractivity contribution in [3.8, 4) is 78.3 Å². The molecule has 1 atom stereocenters. The molecule has 1 unspecified atom stereocenters. The van der Waals surface area contributed by atoms with Gasteiger partial charge in [0.2, 0.25) is 0 Å². The van der Waals surface area contributed by atoms with Crippen LogP contribution in [0.4, 0.5) is 17.1 Å². The van der Waals surface area contributed by atoms with Crippen LogP contribution in [0.2, 0.25) is 0 Å². The number of nitrogens with zero attached hydrogens (tertiary/aromatic N) is 1. The summed E-state index contributed by atoms with van der Waals surface area (Å²) in [6.45, 7) is 0. The van der Waals surface area contributed by atoms with Crippen LogP contribution >= 0.6 is 11.3 Å². The SMILES string of the molecule is c1ccc(-c2ccc(N(c3ccc4c(c3)C3(c5ccccc5-c5ccccc5-4)c4ccccc4-c4c3ccc3c4sc4ccccc43)c3cccc4c3Oc3ccccc3-c3ccccc3-4)cc2)cc1. The van der Waals surface area contributed by atoms with E-state index in [1.807, 2.05) is 11.3 Å². The molecule has 11 aromatic carbocycles. The molecule has 70 heavy (non-hydrogen) atoms. The molecule has 1 aromatic heterocycles. The summed E-state index contributed by atoms with van der Waals surface area (Å²) in [5.74, 6) is 1.65. The molecule has 0 radical (unpaired) electrons. The molecule has 15 rings (SSSR count). The van der Waals surface area contributed by atoms with E-state index < -0.39 is 5.41 Å². The first-order valence-corrected chi connectivity index (χ1v) is 24.9. The number of anilines is 3. The predicted octanol–water partition coefficient (Wildman–Crippen LogP) is 18.6. The highest BCUT2D eigenvalue weighted by atomic mass is 32.1. The Bertz CT molecular complexity index is 4110. The molecule has 326 valence electrons. The molecule has 2 aliphatic carbocycles. The molecule has 0 fully saturated rings. The van der Waals surface area contributed by atoms with E-state index in [0.717, 1.165) is 56.4 Å². The van der Waals surface area contributed by atoms with E-state index in [2.05, 4.69) is 254 Å². The third-order valence-electron chi connectivity index (χ3n) is 15.1. The smallest absolute Gasteiger partial charge is 0.159 e. The maximum absolute atomic E-state index is 7.27. The average molecular weight is 908 g/mol. The highest BCUT2D eigenvalue weighted by molar-refractivity contribution is 7.26. The normalized spacial score (nSPS) is 14.5. The van der Waals surface area contributed by atoms with Crippen molar-refractivity contribution < 1.29 is 4.74 Å². The fourth-order valence-corrected chi connectivity index (χ4v) is 13.5. The number of hydrogen-bond donors (Lipinski definition) is 0. The van der Waals surface area contributed by atoms with Crippen molar-refractivity contribution in [1.29, 1.82) is 0 Å². The van der Waals surface area contributed by atoms with E-state index in [1.165, 1.54) is 81.4 Å². The van der Waals surface area contributed by atoms with Crippen molar-refractivity contribution in [2.24, 2.45) is 0 Å². The lowest BCUT2D eigenvalue weighted by atomic mass is 9.65. The minimum absolute atomic E-state index is 0.679. The number of hydrogen-bond acceptors (Lipinski definition) is 3. The van der Waals surface area contributed by atoms with Crippen LogP contribution in [-0.2, 0) is 5.41 Å². The van der Waals surface area contributed by atoms with Crippen LogP contribution in [0.5, 0.6) is 11.5 Å². The van der Waals surface area contributed by atoms with E-state index in [9.17, 15) is 0 Å². The summed E-state index contributed by atoms with van der Waals surface area (Å²) in [5.41, 5.74) is 21.8. The first kappa shape index (κ1) is 39.3. The quantitative estimate of drug-likeness (QED) is 0.174. The lowest BCUT2D eigenvalue weighted by molar-refractivity contribution is 0.489. The summed E-state index contributed by atoms with van der Waals surface area (Å²) < 4.78 is 9.92. The molecular weight excluding hydrogens is 867 g/mol. The monoisotopic (exact) mass is 907 g/mol. The maximum atomic E-state index is 7.27. The fourth-order valence-electron chi connectivity index (χ4n) is 12.2. The molecule has 1 aliphatic heterocycles. The Labute approximate surface area is 410 Å². The van der Waals surface area contributed by atoms with E-state index in [1.54, 1.807) is 0 Å². The molecule has 0 N–H and O–H groups in total. The zero-order valence-corrected chi connectivity index (χ0v) is 38.8. The van der Waals surface area contributed by atoms with Crippen LogP contribution in [0, 0.1) is 0 Å². The first-order valence-electron chi connectivity index (χ1n) is 24.1. The molecule has 1 spiro atoms. The maximum Gasteiger partial charge on any atom is 0.159 e. The van der Waals surface area contributed by atoms with Crippen molar-refractivity contribution in [2.45, 2.75) is 5.41 Å². The van der Waals surface area contributed by atoms with Crippen LogP contribution in [-0.4, -0.2) is 0 Å². The average Bonchev–Trinajstić information content (AvgIpc) is 3.87. The molecule has 0 amide bonds. The van der Waals surface area contributed by atoms with Crippen LogP contribution in [0.1, 0.15) is 22.3 Å². The van der Waals surface area contributed by atoms with Gasteiger partial charge in [0.1, 0.15) is 5.75 Å². The summed E-state index contributed by atoms with van der Waals surface area (Å²) in [6.07, 6.45) is 0. The second-order valence-corrected chi connectivity index (χ2v) is 19.7. The molecule has 0 saturated heterocycles. The number of fused-ring (bicyclic) bond motifs is 21. The fraction of sp³-hybridized carbons (Fsp3) is 0.0149. The Morgan fingerprint density at radius 3 is 1.67 bits per heavy atom. The van der Waals surface area contributed by atoms with E-state index in [-0.39, 0.29) is 0 Å². The summed E-state index contributed by atoms with van der Waals surface area (Å²) in [5, 5.41) is 2.62. The number of thiophene rings is 1. The van der Waals surface area contributed by atoms with Gasteiger partial charge in [0.15, 0.2) is 5.75 Å². The molecule has 0 bridgehead atoms. The number of rotatable bonds is 4. The molecule has 3 aliphatic rings. The van der Waals surface area contributed by atoms with Crippen LogP contribution in [0.15, 0.2) is 249 Å². The Morgan fingerprint density at radius 1 is 0.343 bits per heavy atom. The Balaban J connectivity index is 1.05. The van der Waals surface area contributed by atoms with Gasteiger partial charge in [0, 0.05) is 48.2 Å². The van der Waals surface area contributed by atoms with Crippen molar-refractivity contribution in [1.82, 2.24) is 0 Å². The van der Waals surface area contributed by atoms with E-state index in [4.69, 9.17) is 4.74 Å². The summed E-state index contributed by atoms with van der Waals surface area (Å²) in [6, 6.07) is 91.9. The van der Waals surface area contributed by atoms with Gasteiger partial charge in [-0.2, -0.15) is 0 Å². The molecule has 3 heteroatoms. The van der Waals surface area contributed by atoms with Gasteiger partial charge in [0.05, 0.1) is 11.1 Å². The van der Waals surface area contributed by atoms with Gasteiger partial charge >= 0.3 is 0 Å². The molecule has 0 saturated carbocycles. The van der Waals surface area contributed by atoms with Gasteiger partial charge in [-0.15, -0.1) is 11.3 Å². The summed E-state index contributed by atoms with van der Waals surface area (Å²) in [7, 11) is 0. The number of para-hydroxylation sites is 2. The molecule has 12 aromatic rings. The largest absolute Gasteiger partial charge is 0.454 e. The number of ether oxygens (including phenoxy) is 1. The van der Waals surface area contributed by atoms with Gasteiger partial charge in [-0.3, -0.25) is 0 Å². The standard InChI is InChI=1S/C67H41NOS/c1-2-17-42(18-3-1)43-33-35-44(36-34-43)68(61-30-16-27-54-49-22-7-6-21-48(49)52-24-10-14-31-62(52)69-65(54)61)45-37-38-51-47-20-5-4-19-46(47)50-23-8-12-28-57(50)67(60(51)41-45)58-29-13-9-26-56(58)64-59(67)40-39-55-53-25-11-15-32-63(53)70-66(55)64/h1-41H. The minimum Gasteiger partial charge on any atom is -0.454 e. The van der Waals surface area contributed by atoms with Gasteiger partial charge in [0.25, 0.3) is 0 Å². The minimum atomic E-state index is -0.679. The van der Waals surface area contributed by atoms with Gasteiger partial charge in [-0.1, -0.05) is 206 Å². The second-order valence-electron chi connectivity index (χ2n) is 18.6. The van der Waals surface area contributed by atoms with E-state index >= 15 is 0 Å². The second kappa shape index (κ2) is 15.1. The summed E-state index contributed by atoms with van der Waals surface area (Å²) in [4.78, 5) is 2.43. The number of benzene rings is 11. The first-order chi connectivity index (χ1) is 34.7. The van der Waals surface area contributed by atoms with Crippen molar-refractivity contribution in [3.05, 3.63) is 271 Å². The highest BCUT2D eigenvalue weighted by Gasteiger charge is 2.50. The van der Waals surface area contributed by atoms with Crippen molar-refractivity contribution in [2.75, 3.05) is 4.90 Å². The third kappa shape index (κ3) is 5.49. The van der Waals surface area contributed by atoms with Gasteiger partial charge in [-0.25, -0.2) is 0 Å². The zero-order chi connectivity index (χ0) is 45.9. The van der Waals surface area contributed by atoms with Gasteiger partial charge in [-0.05, 0) is 115 Å². The Kier molecular flexibility index (Phi) is 8.48. The Hall–Kier alpha value is -8.76. The van der Waals surface area contributed by atoms with Crippen molar-refractivity contribution in [3.63, 3.8) is 0 Å². The van der Waals surface area contributed by atoms with Gasteiger partial charge < -0.3 is 9.64 Å². The van der Waals surface area contributed by atoms with Crippen LogP contribution in [0.25, 0.3) is 86.9 Å². The van der Waals surface area contributed by atoms with Crippen molar-refractivity contribution >= 4 is 48.6 Å². The topological polar surface area (TPSA) is 12.5 Å². The molecular formula is C67H41NOS. The lowest BCUT2D eigenvalue weighted by Gasteiger charge is -2.36. The van der Waals surface area contributed by atoms with Crippen LogP contribution in [0.3, 0.4) is 0 Å². The van der Waals surface area contributed by atoms with E-state index in [0.29, 0.717) is 0 Å². The third-order valence-corrected chi connectivity index (χ3v) is 16.3. The lowest BCUT2D eigenvalue weighted by Crippen LogP contribution is -2.29. The Morgan fingerprint density at radius 2 is 0.900 bits per heavy atom. The molecule has 2 heterocycles. The van der Waals surface area contributed by atoms with Crippen LogP contribution < -0.4 is 9.64 Å². The molecule has 2 nitrogen and oxygen atoms in total.